The van der Waals surface area contributed by atoms with Crippen LogP contribution in [-0.2, 0) is 7.05 Å². The summed E-state index contributed by atoms with van der Waals surface area (Å²) in [6, 6.07) is 11.0. The number of hydrogen-bond acceptors (Lipinski definition) is 4. The molecule has 0 saturated heterocycles. The van der Waals surface area contributed by atoms with Crippen LogP contribution in [0, 0.1) is 6.92 Å². The lowest BCUT2D eigenvalue weighted by Gasteiger charge is -2.16. The summed E-state index contributed by atoms with van der Waals surface area (Å²) in [6.45, 7) is 1.79. The number of fused-ring (bicyclic) bond motifs is 1. The molecule has 3 aromatic heterocycles. The summed E-state index contributed by atoms with van der Waals surface area (Å²) in [6.07, 6.45) is 5.20. The highest BCUT2D eigenvalue weighted by Crippen LogP contribution is 2.26. The molecule has 0 bridgehead atoms. The summed E-state index contributed by atoms with van der Waals surface area (Å²) in [5.41, 5.74) is 4.74. The minimum atomic E-state index is -0.473. The lowest BCUT2D eigenvalue weighted by Crippen LogP contribution is -2.31. The number of carbonyl (C=O) groups excluding carboxylic acids is 1. The van der Waals surface area contributed by atoms with Crippen LogP contribution < -0.4 is 5.32 Å². The molecule has 0 unspecified atom stereocenters. The Balaban J connectivity index is 1.59. The summed E-state index contributed by atoms with van der Waals surface area (Å²) in [7, 11) is 1.93. The second-order valence-corrected chi connectivity index (χ2v) is 6.81. The molecule has 3 heterocycles. The van der Waals surface area contributed by atoms with Gasteiger partial charge in [0.05, 0.1) is 18.3 Å². The van der Waals surface area contributed by atoms with Gasteiger partial charge in [-0.3, -0.25) is 4.79 Å². The first-order valence-corrected chi connectivity index (χ1v) is 9.00. The van der Waals surface area contributed by atoms with Crippen LogP contribution in [0.5, 0.6) is 0 Å². The van der Waals surface area contributed by atoms with Crippen LogP contribution in [0.4, 0.5) is 0 Å². The van der Waals surface area contributed by atoms with Crippen molar-refractivity contribution in [3.63, 3.8) is 0 Å². The van der Waals surface area contributed by atoms with Gasteiger partial charge in [-0.1, -0.05) is 29.8 Å². The molecule has 0 aliphatic carbocycles. The van der Waals surface area contributed by atoms with E-state index in [1.165, 1.54) is 6.33 Å². The second-order valence-electron chi connectivity index (χ2n) is 6.81. The molecule has 7 heteroatoms. The number of aromatic amines is 1. The number of aliphatic hydroxyl groups is 1. The van der Waals surface area contributed by atoms with E-state index in [0.29, 0.717) is 5.69 Å². The maximum absolute atomic E-state index is 12.7. The molecule has 0 fully saturated rings. The summed E-state index contributed by atoms with van der Waals surface area (Å²) >= 11 is 0. The standard InChI is InChI=1S/C21H21N5O2/c1-13-4-3-5-14(8-13)18(11-27)25-21(28)17-9-15(10-22-17)19-16-6-7-26(2)20(16)24-12-23-19/h3-10,12,18,22,27H,11H2,1-2H3,(H,25,28)/t18-/m1/s1. The topological polar surface area (TPSA) is 95.8 Å². The summed E-state index contributed by atoms with van der Waals surface area (Å²) < 4.78 is 1.93. The fourth-order valence-corrected chi connectivity index (χ4v) is 3.33. The van der Waals surface area contributed by atoms with Crippen molar-refractivity contribution >= 4 is 16.9 Å². The monoisotopic (exact) mass is 375 g/mol. The Kier molecular flexibility index (Phi) is 4.67. The molecule has 142 valence electrons. The van der Waals surface area contributed by atoms with Crippen molar-refractivity contribution < 1.29 is 9.90 Å². The molecule has 0 aliphatic heterocycles. The van der Waals surface area contributed by atoms with Crippen LogP contribution in [0.3, 0.4) is 0 Å². The van der Waals surface area contributed by atoms with Gasteiger partial charge in [0.15, 0.2) is 0 Å². The number of amides is 1. The molecule has 28 heavy (non-hydrogen) atoms. The average Bonchev–Trinajstić information content (AvgIpc) is 3.33. The quantitative estimate of drug-likeness (QED) is 0.500. The van der Waals surface area contributed by atoms with Gasteiger partial charge in [-0.15, -0.1) is 0 Å². The van der Waals surface area contributed by atoms with Gasteiger partial charge in [-0.25, -0.2) is 9.97 Å². The Labute approximate surface area is 162 Å². The van der Waals surface area contributed by atoms with Crippen LogP contribution in [0.2, 0.25) is 0 Å². The number of aryl methyl sites for hydroxylation is 2. The van der Waals surface area contributed by atoms with E-state index in [4.69, 9.17) is 0 Å². The summed E-state index contributed by atoms with van der Waals surface area (Å²) in [4.78, 5) is 24.4. The van der Waals surface area contributed by atoms with Crippen molar-refractivity contribution in [2.75, 3.05) is 6.61 Å². The zero-order chi connectivity index (χ0) is 19.7. The van der Waals surface area contributed by atoms with Gasteiger partial charge in [0.1, 0.15) is 17.7 Å². The first-order valence-electron chi connectivity index (χ1n) is 9.00. The predicted octanol–water partition coefficient (Wildman–Crippen LogP) is 2.74. The smallest absolute Gasteiger partial charge is 0.268 e. The Morgan fingerprint density at radius 1 is 1.29 bits per heavy atom. The molecule has 0 radical (unpaired) electrons. The van der Waals surface area contributed by atoms with Gasteiger partial charge in [0.2, 0.25) is 0 Å². The third kappa shape index (κ3) is 3.27. The first-order chi connectivity index (χ1) is 13.6. The number of H-pyrrole nitrogens is 1. The summed E-state index contributed by atoms with van der Waals surface area (Å²) in [5.74, 6) is -0.287. The van der Waals surface area contributed by atoms with Crippen molar-refractivity contribution in [2.45, 2.75) is 13.0 Å². The van der Waals surface area contributed by atoms with Gasteiger partial charge in [-0.05, 0) is 24.6 Å². The maximum atomic E-state index is 12.7. The molecule has 0 saturated carbocycles. The molecule has 4 aromatic rings. The Morgan fingerprint density at radius 2 is 2.14 bits per heavy atom. The minimum Gasteiger partial charge on any atom is -0.394 e. The van der Waals surface area contributed by atoms with Crippen molar-refractivity contribution in [1.29, 1.82) is 0 Å². The van der Waals surface area contributed by atoms with Crippen molar-refractivity contribution in [1.82, 2.24) is 24.8 Å². The minimum absolute atomic E-state index is 0.181. The van der Waals surface area contributed by atoms with E-state index in [-0.39, 0.29) is 12.5 Å². The molecule has 1 aromatic carbocycles. The van der Waals surface area contributed by atoms with Crippen LogP contribution in [0.25, 0.3) is 22.3 Å². The average molecular weight is 375 g/mol. The van der Waals surface area contributed by atoms with Gasteiger partial charge >= 0.3 is 0 Å². The predicted molar refractivity (Wildman–Crippen MR) is 107 cm³/mol. The van der Waals surface area contributed by atoms with E-state index in [2.05, 4.69) is 20.3 Å². The Bertz CT molecular complexity index is 1140. The fourth-order valence-electron chi connectivity index (χ4n) is 3.33. The maximum Gasteiger partial charge on any atom is 0.268 e. The van der Waals surface area contributed by atoms with E-state index in [9.17, 15) is 9.90 Å². The zero-order valence-corrected chi connectivity index (χ0v) is 15.7. The molecule has 3 N–H and O–H groups in total. The van der Waals surface area contributed by atoms with Crippen LogP contribution >= 0.6 is 0 Å². The van der Waals surface area contributed by atoms with E-state index >= 15 is 0 Å². The Morgan fingerprint density at radius 3 is 2.93 bits per heavy atom. The van der Waals surface area contributed by atoms with Crippen molar-refractivity contribution in [2.24, 2.45) is 7.05 Å². The van der Waals surface area contributed by atoms with Gasteiger partial charge in [-0.2, -0.15) is 0 Å². The van der Waals surface area contributed by atoms with Gasteiger partial charge < -0.3 is 20.0 Å². The van der Waals surface area contributed by atoms with E-state index in [1.807, 2.05) is 55.1 Å². The van der Waals surface area contributed by atoms with Gasteiger partial charge in [0, 0.05) is 30.4 Å². The Hall–Kier alpha value is -3.45. The molecule has 7 nitrogen and oxygen atoms in total. The highest BCUT2D eigenvalue weighted by Gasteiger charge is 2.18. The number of aliphatic hydroxyl groups excluding tert-OH is 1. The molecule has 1 amide bonds. The van der Waals surface area contributed by atoms with E-state index in [0.717, 1.165) is 33.4 Å². The van der Waals surface area contributed by atoms with Crippen molar-refractivity contribution in [3.05, 3.63) is 71.9 Å². The fraction of sp³-hybridized carbons (Fsp3) is 0.190. The van der Waals surface area contributed by atoms with E-state index in [1.54, 1.807) is 12.3 Å². The SMILES string of the molecule is Cc1cccc([C@@H](CO)NC(=O)c2cc(-c3ncnc4c3ccn4C)c[nH]2)c1. The highest BCUT2D eigenvalue weighted by molar-refractivity contribution is 5.96. The molecule has 0 aliphatic rings. The lowest BCUT2D eigenvalue weighted by atomic mass is 10.0. The number of rotatable bonds is 5. The lowest BCUT2D eigenvalue weighted by molar-refractivity contribution is 0.0911. The molecule has 1 atom stereocenters. The van der Waals surface area contributed by atoms with Crippen molar-refractivity contribution in [3.8, 4) is 11.3 Å². The number of benzene rings is 1. The van der Waals surface area contributed by atoms with E-state index < -0.39 is 6.04 Å². The second kappa shape index (κ2) is 7.28. The third-order valence-corrected chi connectivity index (χ3v) is 4.80. The molecule has 0 spiro atoms. The van der Waals surface area contributed by atoms with Gasteiger partial charge in [0.25, 0.3) is 5.91 Å². The molecular formula is C21H21N5O2. The summed E-state index contributed by atoms with van der Waals surface area (Å²) in [5, 5.41) is 13.5. The number of carbonyl (C=O) groups is 1. The van der Waals surface area contributed by atoms with Crippen LogP contribution in [0.1, 0.15) is 27.7 Å². The van der Waals surface area contributed by atoms with Crippen LogP contribution in [0.15, 0.2) is 55.1 Å². The molecule has 4 rings (SSSR count). The number of nitrogens with zero attached hydrogens (tertiary/aromatic N) is 3. The number of nitrogens with one attached hydrogen (secondary N) is 2. The normalized spacial score (nSPS) is 12.2. The largest absolute Gasteiger partial charge is 0.394 e. The third-order valence-electron chi connectivity index (χ3n) is 4.80. The first kappa shape index (κ1) is 17.9. The zero-order valence-electron chi connectivity index (χ0n) is 15.7. The number of hydrogen-bond donors (Lipinski definition) is 3. The highest BCUT2D eigenvalue weighted by atomic mass is 16.3. The number of aromatic nitrogens is 4. The van der Waals surface area contributed by atoms with Crippen LogP contribution in [-0.4, -0.2) is 37.1 Å². The molecular weight excluding hydrogens is 354 g/mol.